The SMILES string of the molecule is [2H]c1c([2H])c([2H])c(-c2ccc(-c3c4ccccc4c(-c4cccc5oc6cc(-c7c([2H])c([2H])c([2H])c([2H])c7[2H])ccc6c45)c4ccccc34)cc2)c([2H])c1[2H]. The Balaban J connectivity index is 1.26. The fourth-order valence-electron chi connectivity index (χ4n) is 6.51. The van der Waals surface area contributed by atoms with Crippen LogP contribution in [0.15, 0.2) is 174 Å². The Morgan fingerprint density at radius 2 is 0.911 bits per heavy atom. The second-order valence-corrected chi connectivity index (χ2v) is 10.9. The molecule has 210 valence electrons. The molecule has 45 heavy (non-hydrogen) atoms. The molecule has 0 amide bonds. The fourth-order valence-corrected chi connectivity index (χ4v) is 6.51. The van der Waals surface area contributed by atoms with Crippen LogP contribution in [0.25, 0.3) is 88.0 Å². The summed E-state index contributed by atoms with van der Waals surface area (Å²) in [6.07, 6.45) is 0. The minimum absolute atomic E-state index is 0.113. The molecule has 0 aliphatic heterocycles. The molecule has 0 aliphatic rings. The van der Waals surface area contributed by atoms with Crippen LogP contribution in [-0.4, -0.2) is 0 Å². The molecule has 1 heterocycles. The predicted octanol–water partition coefficient (Wildman–Crippen LogP) is 12.6. The largest absolute Gasteiger partial charge is 0.456 e. The highest BCUT2D eigenvalue weighted by Gasteiger charge is 2.20. The summed E-state index contributed by atoms with van der Waals surface area (Å²) >= 11 is 0. The van der Waals surface area contributed by atoms with Crippen molar-refractivity contribution in [1.29, 1.82) is 0 Å². The molecule has 0 bridgehead atoms. The van der Waals surface area contributed by atoms with Gasteiger partial charge < -0.3 is 4.42 Å². The summed E-state index contributed by atoms with van der Waals surface area (Å²) in [7, 11) is 0. The summed E-state index contributed by atoms with van der Waals surface area (Å²) < 4.78 is 89.1. The first-order valence-electron chi connectivity index (χ1n) is 19.6. The van der Waals surface area contributed by atoms with Gasteiger partial charge in [-0.15, -0.1) is 0 Å². The molecule has 0 spiro atoms. The van der Waals surface area contributed by atoms with Crippen LogP contribution in [0.5, 0.6) is 0 Å². The Morgan fingerprint density at radius 1 is 0.378 bits per heavy atom. The average Bonchev–Trinajstić information content (AvgIpc) is 3.59. The van der Waals surface area contributed by atoms with Crippen LogP contribution >= 0.6 is 0 Å². The van der Waals surface area contributed by atoms with Crippen LogP contribution in [0.1, 0.15) is 13.7 Å². The predicted molar refractivity (Wildman–Crippen MR) is 190 cm³/mol. The standard InChI is InChI=1S/C44H28O/c1-3-12-29(13-4-1)31-22-24-32(25-23-31)42-34-16-7-9-18-36(34)43(37-19-10-8-17-35(37)42)39-20-11-21-40-44(39)38-27-26-33(28-41(38)45-40)30-14-5-2-6-15-30/h1-28H/i1D,2D,3D,4D,5D,6D,12D,13D,14D,15D. The van der Waals surface area contributed by atoms with E-state index in [0.29, 0.717) is 22.3 Å². The minimum atomic E-state index is -0.441. The molecule has 0 radical (unpaired) electrons. The highest BCUT2D eigenvalue weighted by molar-refractivity contribution is 6.25. The number of fused-ring (bicyclic) bond motifs is 5. The van der Waals surface area contributed by atoms with Gasteiger partial charge >= 0.3 is 0 Å². The third-order valence-electron chi connectivity index (χ3n) is 8.45. The first kappa shape index (κ1) is 17.4. The molecule has 9 rings (SSSR count). The molecule has 0 aliphatic carbocycles. The number of rotatable bonds is 4. The molecule has 1 aromatic heterocycles. The molecule has 1 heteroatoms. The summed E-state index contributed by atoms with van der Waals surface area (Å²) in [6.45, 7) is 0. The third-order valence-corrected chi connectivity index (χ3v) is 8.45. The van der Waals surface area contributed by atoms with Gasteiger partial charge in [0, 0.05) is 10.8 Å². The Kier molecular flexibility index (Phi) is 4.01. The zero-order valence-corrected chi connectivity index (χ0v) is 23.8. The van der Waals surface area contributed by atoms with Crippen LogP contribution in [-0.2, 0) is 0 Å². The maximum Gasteiger partial charge on any atom is 0.136 e. The molecule has 8 aromatic carbocycles. The normalized spacial score (nSPS) is 14.7. The Bertz CT molecular complexity index is 2980. The van der Waals surface area contributed by atoms with E-state index in [9.17, 15) is 0 Å². The number of hydrogen-bond donors (Lipinski definition) is 0. The van der Waals surface area contributed by atoms with E-state index < -0.39 is 24.2 Å². The van der Waals surface area contributed by atoms with Crippen molar-refractivity contribution in [3.8, 4) is 44.5 Å². The van der Waals surface area contributed by atoms with Gasteiger partial charge in [0.05, 0.1) is 13.7 Å². The summed E-state index contributed by atoms with van der Waals surface area (Å²) in [5.41, 5.74) is 6.28. The second kappa shape index (κ2) is 10.4. The van der Waals surface area contributed by atoms with Gasteiger partial charge in [-0.25, -0.2) is 0 Å². The molecule has 9 aromatic rings. The van der Waals surface area contributed by atoms with Gasteiger partial charge in [0.25, 0.3) is 0 Å². The molecular formula is C44H28O. The Labute approximate surface area is 275 Å². The van der Waals surface area contributed by atoms with Crippen LogP contribution < -0.4 is 0 Å². The number of hydrogen-bond acceptors (Lipinski definition) is 1. The van der Waals surface area contributed by atoms with Crippen molar-refractivity contribution in [2.24, 2.45) is 0 Å². The molecule has 1 nitrogen and oxygen atoms in total. The molecule has 0 fully saturated rings. The monoisotopic (exact) mass is 582 g/mol. The van der Waals surface area contributed by atoms with E-state index in [1.54, 1.807) is 24.3 Å². The van der Waals surface area contributed by atoms with Gasteiger partial charge in [-0.2, -0.15) is 0 Å². The van der Waals surface area contributed by atoms with Crippen LogP contribution in [0.3, 0.4) is 0 Å². The first-order chi connectivity index (χ1) is 26.5. The van der Waals surface area contributed by atoms with E-state index >= 15 is 0 Å². The summed E-state index contributed by atoms with van der Waals surface area (Å²) in [4.78, 5) is 0. The lowest BCUT2D eigenvalue weighted by Crippen LogP contribution is -1.91. The van der Waals surface area contributed by atoms with E-state index in [1.807, 2.05) is 54.6 Å². The van der Waals surface area contributed by atoms with Gasteiger partial charge in [-0.05, 0) is 84.3 Å². The Morgan fingerprint density at radius 3 is 1.53 bits per heavy atom. The average molecular weight is 583 g/mol. The van der Waals surface area contributed by atoms with E-state index in [4.69, 9.17) is 18.1 Å². The van der Waals surface area contributed by atoms with Gasteiger partial charge in [-0.1, -0.05) is 151 Å². The molecular weight excluding hydrogens is 544 g/mol. The molecule has 0 saturated carbocycles. The molecule has 0 unspecified atom stereocenters. The van der Waals surface area contributed by atoms with E-state index in [-0.39, 0.29) is 47.4 Å². The van der Waals surface area contributed by atoms with Crippen molar-refractivity contribution in [3.05, 3.63) is 170 Å². The second-order valence-electron chi connectivity index (χ2n) is 10.9. The Hall–Kier alpha value is -5.92. The lowest BCUT2D eigenvalue weighted by atomic mass is 9.84. The lowest BCUT2D eigenvalue weighted by Gasteiger charge is -2.18. The third kappa shape index (κ3) is 4.17. The van der Waals surface area contributed by atoms with Crippen LogP contribution in [0, 0.1) is 0 Å². The van der Waals surface area contributed by atoms with Gasteiger partial charge in [0.1, 0.15) is 11.2 Å². The van der Waals surface area contributed by atoms with E-state index in [0.717, 1.165) is 54.6 Å². The van der Waals surface area contributed by atoms with Crippen LogP contribution in [0.4, 0.5) is 0 Å². The van der Waals surface area contributed by atoms with Crippen LogP contribution in [0.2, 0.25) is 0 Å². The highest BCUT2D eigenvalue weighted by Crippen LogP contribution is 2.47. The summed E-state index contributed by atoms with van der Waals surface area (Å²) in [6, 6.07) is 31.7. The highest BCUT2D eigenvalue weighted by atomic mass is 16.3. The first-order valence-corrected chi connectivity index (χ1v) is 14.6. The van der Waals surface area contributed by atoms with Crippen molar-refractivity contribution in [2.75, 3.05) is 0 Å². The van der Waals surface area contributed by atoms with Gasteiger partial charge in [0.2, 0.25) is 0 Å². The van der Waals surface area contributed by atoms with Crippen molar-refractivity contribution >= 4 is 43.5 Å². The fraction of sp³-hybridized carbons (Fsp3) is 0. The van der Waals surface area contributed by atoms with Crippen molar-refractivity contribution in [2.45, 2.75) is 0 Å². The van der Waals surface area contributed by atoms with E-state index in [1.165, 1.54) is 0 Å². The van der Waals surface area contributed by atoms with Crippen molar-refractivity contribution < 1.29 is 18.1 Å². The van der Waals surface area contributed by atoms with Gasteiger partial charge in [-0.3, -0.25) is 0 Å². The lowest BCUT2D eigenvalue weighted by molar-refractivity contribution is 0.669. The van der Waals surface area contributed by atoms with Crippen molar-refractivity contribution in [3.63, 3.8) is 0 Å². The minimum Gasteiger partial charge on any atom is -0.456 e. The topological polar surface area (TPSA) is 13.1 Å². The maximum atomic E-state index is 8.52. The molecule has 0 N–H and O–H groups in total. The zero-order valence-electron chi connectivity index (χ0n) is 33.8. The molecule has 0 saturated heterocycles. The van der Waals surface area contributed by atoms with Crippen molar-refractivity contribution in [1.82, 2.24) is 0 Å². The molecule has 0 atom stereocenters. The maximum absolute atomic E-state index is 8.52. The quantitative estimate of drug-likeness (QED) is 0.188. The summed E-state index contributed by atoms with van der Waals surface area (Å²) in [5.74, 6) is 0. The van der Waals surface area contributed by atoms with Gasteiger partial charge in [0.15, 0.2) is 0 Å². The smallest absolute Gasteiger partial charge is 0.136 e. The summed E-state index contributed by atoms with van der Waals surface area (Å²) in [5, 5.41) is 5.71. The zero-order chi connectivity index (χ0) is 38.4. The number of furan rings is 1. The number of benzene rings is 8. The van der Waals surface area contributed by atoms with E-state index in [2.05, 4.69) is 30.3 Å².